The third kappa shape index (κ3) is 3.22. The zero-order valence-corrected chi connectivity index (χ0v) is 14.3. The van der Waals surface area contributed by atoms with Gasteiger partial charge >= 0.3 is 0 Å². The molecule has 106 valence electrons. The molecule has 0 heterocycles. The van der Waals surface area contributed by atoms with Crippen LogP contribution in [-0.4, -0.2) is 7.05 Å². The van der Waals surface area contributed by atoms with Crippen molar-refractivity contribution in [3.05, 3.63) is 67.1 Å². The van der Waals surface area contributed by atoms with E-state index in [2.05, 4.69) is 37.2 Å². The Morgan fingerprint density at radius 2 is 1.75 bits per heavy atom. The molecule has 0 aliphatic carbocycles. The van der Waals surface area contributed by atoms with E-state index >= 15 is 0 Å². The van der Waals surface area contributed by atoms with Gasteiger partial charge in [0.25, 0.3) is 0 Å². The predicted molar refractivity (Wildman–Crippen MR) is 84.1 cm³/mol. The van der Waals surface area contributed by atoms with Gasteiger partial charge in [0, 0.05) is 10.0 Å². The first-order valence-corrected chi connectivity index (χ1v) is 7.67. The Morgan fingerprint density at radius 1 is 1.05 bits per heavy atom. The van der Waals surface area contributed by atoms with Crippen LogP contribution in [0, 0.1) is 11.6 Å². The highest BCUT2D eigenvalue weighted by atomic mass is 79.9. The van der Waals surface area contributed by atoms with E-state index in [9.17, 15) is 8.78 Å². The monoisotopic (exact) mass is 423 g/mol. The molecule has 0 bridgehead atoms. The minimum atomic E-state index is -0.509. The quantitative estimate of drug-likeness (QED) is 0.645. The van der Waals surface area contributed by atoms with Crippen LogP contribution in [-0.2, 0) is 0 Å². The molecule has 0 fully saturated rings. The van der Waals surface area contributed by atoms with Crippen molar-refractivity contribution in [1.82, 2.24) is 5.32 Å². The minimum absolute atomic E-state index is 0.0995. The van der Waals surface area contributed by atoms with Crippen LogP contribution in [0.25, 0.3) is 0 Å². The standard InChI is InChI=1S/C14H10Br2ClF2N/c1-20-14(7-2-3-9(15)11(17)4-7)8-5-13(19)10(16)6-12(8)18/h2-6,14,20H,1H3. The molecule has 0 aliphatic rings. The highest BCUT2D eigenvalue weighted by Gasteiger charge is 2.19. The lowest BCUT2D eigenvalue weighted by Crippen LogP contribution is -2.19. The molecule has 0 amide bonds. The second kappa shape index (κ2) is 6.52. The van der Waals surface area contributed by atoms with Crippen LogP contribution < -0.4 is 5.32 Å². The Hall–Kier alpha value is -0.490. The molecule has 2 rings (SSSR count). The maximum Gasteiger partial charge on any atom is 0.137 e. The molecule has 0 saturated heterocycles. The zero-order chi connectivity index (χ0) is 14.9. The Balaban J connectivity index is 2.52. The predicted octanol–water partition coefficient (Wildman–Crippen LogP) is 5.45. The molecule has 1 unspecified atom stereocenters. The lowest BCUT2D eigenvalue weighted by Gasteiger charge is -2.19. The van der Waals surface area contributed by atoms with Crippen molar-refractivity contribution >= 4 is 43.5 Å². The molecule has 1 atom stereocenters. The molecule has 0 saturated carbocycles. The molecule has 1 nitrogen and oxygen atoms in total. The van der Waals surface area contributed by atoms with E-state index in [1.807, 2.05) is 0 Å². The van der Waals surface area contributed by atoms with Gasteiger partial charge in [-0.25, -0.2) is 8.78 Å². The smallest absolute Gasteiger partial charge is 0.137 e. The zero-order valence-electron chi connectivity index (χ0n) is 10.4. The summed E-state index contributed by atoms with van der Waals surface area (Å²) in [4.78, 5) is 0. The minimum Gasteiger partial charge on any atom is -0.309 e. The fourth-order valence-corrected chi connectivity index (χ4v) is 2.70. The number of hydrogen-bond acceptors (Lipinski definition) is 1. The van der Waals surface area contributed by atoms with Crippen molar-refractivity contribution in [2.75, 3.05) is 7.05 Å². The topological polar surface area (TPSA) is 12.0 Å². The summed E-state index contributed by atoms with van der Waals surface area (Å²) in [6, 6.07) is 7.10. The van der Waals surface area contributed by atoms with Crippen molar-refractivity contribution in [2.24, 2.45) is 0 Å². The molecule has 0 aliphatic heterocycles. The van der Waals surface area contributed by atoms with Crippen LogP contribution >= 0.6 is 43.5 Å². The van der Waals surface area contributed by atoms with Crippen molar-refractivity contribution in [1.29, 1.82) is 0 Å². The second-order valence-corrected chi connectivity index (χ2v) is 6.30. The second-order valence-electron chi connectivity index (χ2n) is 4.18. The molecule has 2 aromatic rings. The Labute approximate surface area is 137 Å². The van der Waals surface area contributed by atoms with Gasteiger partial charge in [-0.1, -0.05) is 17.7 Å². The van der Waals surface area contributed by atoms with Gasteiger partial charge in [-0.2, -0.15) is 0 Å². The number of rotatable bonds is 3. The van der Waals surface area contributed by atoms with E-state index in [1.54, 1.807) is 25.2 Å². The molecule has 1 N–H and O–H groups in total. The number of halogens is 5. The van der Waals surface area contributed by atoms with Gasteiger partial charge in [-0.05, 0) is 68.7 Å². The van der Waals surface area contributed by atoms with Crippen molar-refractivity contribution in [2.45, 2.75) is 6.04 Å². The van der Waals surface area contributed by atoms with Crippen LogP contribution in [0.4, 0.5) is 8.78 Å². The van der Waals surface area contributed by atoms with Gasteiger partial charge < -0.3 is 5.32 Å². The van der Waals surface area contributed by atoms with Gasteiger partial charge in [0.05, 0.1) is 15.5 Å². The summed E-state index contributed by atoms with van der Waals surface area (Å²) in [5, 5.41) is 3.49. The molecular weight excluding hydrogens is 415 g/mol. The molecule has 0 radical (unpaired) electrons. The number of hydrogen-bond donors (Lipinski definition) is 1. The Morgan fingerprint density at radius 3 is 2.35 bits per heavy atom. The first kappa shape index (κ1) is 15.9. The number of nitrogens with one attached hydrogen (secondary N) is 1. The van der Waals surface area contributed by atoms with Crippen molar-refractivity contribution < 1.29 is 8.78 Å². The first-order chi connectivity index (χ1) is 9.43. The van der Waals surface area contributed by atoms with Crippen LogP contribution in [0.1, 0.15) is 17.2 Å². The Kier molecular flexibility index (Phi) is 5.18. The van der Waals surface area contributed by atoms with Crippen LogP contribution in [0.15, 0.2) is 39.3 Å². The largest absolute Gasteiger partial charge is 0.309 e. The van der Waals surface area contributed by atoms with Crippen molar-refractivity contribution in [3.63, 3.8) is 0 Å². The Bertz CT molecular complexity index is 649. The molecule has 0 aromatic heterocycles. The van der Waals surface area contributed by atoms with E-state index in [4.69, 9.17) is 11.6 Å². The van der Waals surface area contributed by atoms with E-state index in [1.165, 1.54) is 6.07 Å². The van der Waals surface area contributed by atoms with Gasteiger partial charge in [-0.3, -0.25) is 0 Å². The first-order valence-electron chi connectivity index (χ1n) is 5.70. The van der Waals surface area contributed by atoms with Gasteiger partial charge in [0.15, 0.2) is 0 Å². The molecule has 2 aromatic carbocycles. The SMILES string of the molecule is CNC(c1ccc(Br)c(Cl)c1)c1cc(F)c(Br)cc1F. The van der Waals surface area contributed by atoms with Crippen molar-refractivity contribution in [3.8, 4) is 0 Å². The fourth-order valence-electron chi connectivity index (χ4n) is 1.95. The summed E-state index contributed by atoms with van der Waals surface area (Å²) in [5.74, 6) is -0.999. The summed E-state index contributed by atoms with van der Waals surface area (Å²) in [6.45, 7) is 0. The van der Waals surface area contributed by atoms with Crippen LogP contribution in [0.2, 0.25) is 5.02 Å². The van der Waals surface area contributed by atoms with E-state index in [-0.39, 0.29) is 10.0 Å². The van der Waals surface area contributed by atoms with E-state index < -0.39 is 17.7 Å². The summed E-state index contributed by atoms with van der Waals surface area (Å²) in [5.41, 5.74) is 0.980. The lowest BCUT2D eigenvalue weighted by molar-refractivity contribution is 0.555. The maximum atomic E-state index is 14.1. The van der Waals surface area contributed by atoms with Gasteiger partial charge in [-0.15, -0.1) is 0 Å². The highest BCUT2D eigenvalue weighted by Crippen LogP contribution is 2.31. The van der Waals surface area contributed by atoms with Gasteiger partial charge in [0.2, 0.25) is 0 Å². The van der Waals surface area contributed by atoms with Gasteiger partial charge in [0.1, 0.15) is 11.6 Å². The third-order valence-corrected chi connectivity index (χ3v) is 4.76. The molecular formula is C14H10Br2ClF2N. The molecule has 0 spiro atoms. The third-order valence-electron chi connectivity index (χ3n) is 2.92. The van der Waals surface area contributed by atoms with E-state index in [0.29, 0.717) is 5.02 Å². The normalized spacial score (nSPS) is 12.5. The summed E-state index contributed by atoms with van der Waals surface area (Å²) >= 11 is 12.3. The van der Waals surface area contributed by atoms with E-state index in [0.717, 1.165) is 16.1 Å². The molecule has 20 heavy (non-hydrogen) atoms. The maximum absolute atomic E-state index is 14.1. The summed E-state index contributed by atoms with van der Waals surface area (Å²) in [6.07, 6.45) is 0. The average Bonchev–Trinajstić information content (AvgIpc) is 2.40. The highest BCUT2D eigenvalue weighted by molar-refractivity contribution is 9.10. The van der Waals surface area contributed by atoms with Crippen LogP contribution in [0.5, 0.6) is 0 Å². The fraction of sp³-hybridized carbons (Fsp3) is 0.143. The lowest BCUT2D eigenvalue weighted by atomic mass is 9.98. The average molecular weight is 425 g/mol. The summed E-state index contributed by atoms with van der Waals surface area (Å²) < 4.78 is 28.5. The van der Waals surface area contributed by atoms with Crippen LogP contribution in [0.3, 0.4) is 0 Å². The number of benzene rings is 2. The molecule has 6 heteroatoms. The summed E-state index contributed by atoms with van der Waals surface area (Å²) in [7, 11) is 1.68.